The molecule has 1 aliphatic heterocycles. The lowest BCUT2D eigenvalue weighted by atomic mass is 9.90. The van der Waals surface area contributed by atoms with E-state index in [1.54, 1.807) is 0 Å². The van der Waals surface area contributed by atoms with E-state index in [-0.39, 0.29) is 18.5 Å². The summed E-state index contributed by atoms with van der Waals surface area (Å²) in [6, 6.07) is 5.64. The van der Waals surface area contributed by atoms with E-state index >= 15 is 0 Å². The molecule has 1 heterocycles. The van der Waals surface area contributed by atoms with Crippen molar-refractivity contribution in [1.29, 1.82) is 0 Å². The molecule has 1 aliphatic rings. The third-order valence-corrected chi connectivity index (χ3v) is 4.17. The maximum absolute atomic E-state index is 13.9. The molecule has 2 atom stereocenters. The minimum Gasteiger partial charge on any atom is -0.467 e. The Hall–Kier alpha value is -2.09. The number of carbonyl (C=O) groups excluding carboxylic acids is 2. The number of amides is 1. The number of carbonyl (C=O) groups is 2. The van der Waals surface area contributed by atoms with Crippen molar-refractivity contribution in [1.82, 2.24) is 4.90 Å². The summed E-state index contributed by atoms with van der Waals surface area (Å²) in [5.74, 6) is -2.04. The Kier molecular flexibility index (Phi) is 5.17. The fourth-order valence-electron chi connectivity index (χ4n) is 3.00. The predicted molar refractivity (Wildman–Crippen MR) is 77.9 cm³/mol. The monoisotopic (exact) mass is 345 g/mol. The summed E-state index contributed by atoms with van der Waals surface area (Å²) in [5, 5.41) is 0. The van der Waals surface area contributed by atoms with Gasteiger partial charge in [-0.1, -0.05) is 30.3 Å². The topological polar surface area (TPSA) is 55.8 Å². The molecule has 24 heavy (non-hydrogen) atoms. The Morgan fingerprint density at radius 1 is 1.17 bits per heavy atom. The minimum absolute atomic E-state index is 0.0343. The fourth-order valence-corrected chi connectivity index (χ4v) is 3.00. The number of ether oxygens (including phenoxy) is 2. The van der Waals surface area contributed by atoms with Crippen LogP contribution in [0.3, 0.4) is 0 Å². The first kappa shape index (κ1) is 18.3. The van der Waals surface area contributed by atoms with Gasteiger partial charge in [0.2, 0.25) is 0 Å². The van der Waals surface area contributed by atoms with Gasteiger partial charge in [-0.25, -0.2) is 4.79 Å². The molecule has 1 aromatic carbocycles. The van der Waals surface area contributed by atoms with Gasteiger partial charge in [0, 0.05) is 19.2 Å². The SMILES string of the molecule is COC(=O)[C@@H]1CCCN1C(=O)[C@](OC)(c1ccccc1)C(F)(F)F. The van der Waals surface area contributed by atoms with E-state index in [4.69, 9.17) is 4.74 Å². The van der Waals surface area contributed by atoms with Crippen LogP contribution in [0.4, 0.5) is 13.2 Å². The van der Waals surface area contributed by atoms with Crippen molar-refractivity contribution in [2.24, 2.45) is 0 Å². The second-order valence-corrected chi connectivity index (χ2v) is 5.43. The fraction of sp³-hybridized carbons (Fsp3) is 0.500. The molecule has 1 aromatic rings. The van der Waals surface area contributed by atoms with Crippen LogP contribution in [0.15, 0.2) is 30.3 Å². The molecule has 1 fully saturated rings. The summed E-state index contributed by atoms with van der Waals surface area (Å²) in [4.78, 5) is 25.5. The van der Waals surface area contributed by atoms with Crippen LogP contribution in [0, 0.1) is 0 Å². The van der Waals surface area contributed by atoms with E-state index in [9.17, 15) is 22.8 Å². The molecule has 0 saturated carbocycles. The Bertz CT molecular complexity index is 605. The molecule has 0 bridgehead atoms. The lowest BCUT2D eigenvalue weighted by Gasteiger charge is -2.37. The number of halogens is 3. The van der Waals surface area contributed by atoms with E-state index in [2.05, 4.69) is 4.74 Å². The highest BCUT2D eigenvalue weighted by atomic mass is 19.4. The van der Waals surface area contributed by atoms with Crippen molar-refractivity contribution in [3.8, 4) is 0 Å². The maximum Gasteiger partial charge on any atom is 0.430 e. The first-order chi connectivity index (χ1) is 11.3. The molecule has 0 spiro atoms. The van der Waals surface area contributed by atoms with E-state index in [0.29, 0.717) is 6.42 Å². The Labute approximate surface area is 137 Å². The third-order valence-electron chi connectivity index (χ3n) is 4.17. The van der Waals surface area contributed by atoms with Crippen molar-refractivity contribution >= 4 is 11.9 Å². The van der Waals surface area contributed by atoms with Crippen molar-refractivity contribution in [2.75, 3.05) is 20.8 Å². The zero-order chi connectivity index (χ0) is 18.0. The Morgan fingerprint density at radius 3 is 2.29 bits per heavy atom. The molecule has 1 amide bonds. The number of esters is 1. The molecule has 0 unspecified atom stereocenters. The highest BCUT2D eigenvalue weighted by molar-refractivity contribution is 5.92. The number of rotatable bonds is 4. The first-order valence-electron chi connectivity index (χ1n) is 7.36. The lowest BCUT2D eigenvalue weighted by molar-refractivity contribution is -0.270. The number of methoxy groups -OCH3 is 2. The van der Waals surface area contributed by atoms with Crippen molar-refractivity contribution in [3.63, 3.8) is 0 Å². The molecule has 5 nitrogen and oxygen atoms in total. The first-order valence-corrected chi connectivity index (χ1v) is 7.36. The van der Waals surface area contributed by atoms with E-state index in [1.807, 2.05) is 0 Å². The highest BCUT2D eigenvalue weighted by Crippen LogP contribution is 2.44. The van der Waals surface area contributed by atoms with E-state index in [1.165, 1.54) is 30.3 Å². The quantitative estimate of drug-likeness (QED) is 0.786. The number of hydrogen-bond acceptors (Lipinski definition) is 4. The molecule has 0 N–H and O–H groups in total. The lowest BCUT2D eigenvalue weighted by Crippen LogP contribution is -2.58. The van der Waals surface area contributed by atoms with Crippen LogP contribution in [0.25, 0.3) is 0 Å². The van der Waals surface area contributed by atoms with Gasteiger partial charge in [-0.05, 0) is 12.8 Å². The molecule has 0 radical (unpaired) electrons. The van der Waals surface area contributed by atoms with Gasteiger partial charge in [-0.2, -0.15) is 13.2 Å². The van der Waals surface area contributed by atoms with Gasteiger partial charge in [0.25, 0.3) is 11.5 Å². The van der Waals surface area contributed by atoms with Crippen molar-refractivity contribution in [3.05, 3.63) is 35.9 Å². The average molecular weight is 345 g/mol. The van der Waals surface area contributed by atoms with Crippen LogP contribution >= 0.6 is 0 Å². The predicted octanol–water partition coefficient (Wildman–Crippen LogP) is 2.25. The largest absolute Gasteiger partial charge is 0.467 e. The standard InChI is InChI=1S/C16H18F3NO4/c1-23-13(21)12-9-6-10-20(12)14(22)15(24-2,16(17,18)19)11-7-4-3-5-8-11/h3-5,7-8,12H,6,9-10H2,1-2H3/t12-,15+/m0/s1. The Morgan fingerprint density at radius 2 is 1.79 bits per heavy atom. The van der Waals surface area contributed by atoms with Crippen molar-refractivity contribution in [2.45, 2.75) is 30.7 Å². The van der Waals surface area contributed by atoms with Crippen LogP contribution in [0.2, 0.25) is 0 Å². The molecule has 0 aromatic heterocycles. The van der Waals surface area contributed by atoms with Gasteiger partial charge >= 0.3 is 12.1 Å². The minimum atomic E-state index is -5.00. The van der Waals surface area contributed by atoms with Gasteiger partial charge in [-0.15, -0.1) is 0 Å². The number of nitrogens with zero attached hydrogens (tertiary/aromatic N) is 1. The molecule has 8 heteroatoms. The van der Waals surface area contributed by atoms with Crippen LogP contribution in [-0.4, -0.2) is 49.8 Å². The molecular formula is C16H18F3NO4. The summed E-state index contributed by atoms with van der Waals surface area (Å²) in [5.41, 5.74) is -3.49. The van der Waals surface area contributed by atoms with Crippen LogP contribution in [0.1, 0.15) is 18.4 Å². The summed E-state index contributed by atoms with van der Waals surface area (Å²) in [7, 11) is 1.97. The van der Waals surface area contributed by atoms with Gasteiger partial charge in [0.1, 0.15) is 6.04 Å². The van der Waals surface area contributed by atoms with Gasteiger partial charge in [0.05, 0.1) is 7.11 Å². The molecule has 132 valence electrons. The Balaban J connectivity index is 2.52. The van der Waals surface area contributed by atoms with Crippen LogP contribution in [-0.2, 0) is 24.7 Å². The molecule has 2 rings (SSSR count). The normalized spacial score (nSPS) is 20.5. The van der Waals surface area contributed by atoms with Gasteiger partial charge in [-0.3, -0.25) is 4.79 Å². The number of benzene rings is 1. The van der Waals surface area contributed by atoms with Crippen LogP contribution in [0.5, 0.6) is 0 Å². The summed E-state index contributed by atoms with van der Waals surface area (Å²) < 4.78 is 51.0. The second-order valence-electron chi connectivity index (χ2n) is 5.43. The van der Waals surface area contributed by atoms with E-state index < -0.39 is 29.7 Å². The van der Waals surface area contributed by atoms with Crippen molar-refractivity contribution < 1.29 is 32.2 Å². The summed E-state index contributed by atoms with van der Waals surface area (Å²) in [6.07, 6.45) is -4.33. The summed E-state index contributed by atoms with van der Waals surface area (Å²) >= 11 is 0. The van der Waals surface area contributed by atoms with Gasteiger partial charge < -0.3 is 14.4 Å². The maximum atomic E-state index is 13.9. The van der Waals surface area contributed by atoms with E-state index in [0.717, 1.165) is 19.1 Å². The second kappa shape index (κ2) is 6.80. The molecule has 0 aliphatic carbocycles. The zero-order valence-corrected chi connectivity index (χ0v) is 13.3. The summed E-state index contributed by atoms with van der Waals surface area (Å²) in [6.45, 7) is 0.0343. The van der Waals surface area contributed by atoms with Gasteiger partial charge in [0.15, 0.2) is 0 Å². The smallest absolute Gasteiger partial charge is 0.430 e. The highest BCUT2D eigenvalue weighted by Gasteiger charge is 2.64. The number of alkyl halides is 3. The third kappa shape index (κ3) is 2.86. The molecular weight excluding hydrogens is 327 g/mol. The number of hydrogen-bond donors (Lipinski definition) is 0. The average Bonchev–Trinajstić information content (AvgIpc) is 3.04. The number of likely N-dealkylation sites (tertiary alicyclic amines) is 1. The zero-order valence-electron chi connectivity index (χ0n) is 13.3. The van der Waals surface area contributed by atoms with Crippen LogP contribution < -0.4 is 0 Å². The molecule has 1 saturated heterocycles.